The number of hydrogen-bond donors (Lipinski definition) is 2. The van der Waals surface area contributed by atoms with E-state index in [2.05, 4.69) is 15.3 Å². The second kappa shape index (κ2) is 5.53. The van der Waals surface area contributed by atoms with Crippen LogP contribution in [-0.2, 0) is 11.2 Å². The first kappa shape index (κ1) is 12.5. The second-order valence-corrected chi connectivity index (χ2v) is 3.25. The topological polar surface area (TPSA) is 57.8 Å². The van der Waals surface area contributed by atoms with Crippen molar-refractivity contribution in [3.8, 4) is 0 Å². The molecule has 16 heavy (non-hydrogen) atoms. The number of amides is 1. The average Bonchev–Trinajstić information content (AvgIpc) is 2.66. The van der Waals surface area contributed by atoms with Gasteiger partial charge < -0.3 is 10.3 Å². The number of nitrogens with one attached hydrogen (secondary N) is 2. The first-order valence-corrected chi connectivity index (χ1v) is 4.79. The molecule has 4 nitrogen and oxygen atoms in total. The van der Waals surface area contributed by atoms with E-state index < -0.39 is 24.9 Å². The van der Waals surface area contributed by atoms with Crippen LogP contribution in [-0.4, -0.2) is 28.6 Å². The summed E-state index contributed by atoms with van der Waals surface area (Å²) in [7, 11) is 0. The zero-order valence-corrected chi connectivity index (χ0v) is 8.47. The minimum absolute atomic E-state index is 0.282. The highest BCUT2D eigenvalue weighted by atomic mass is 19.4. The lowest BCUT2D eigenvalue weighted by atomic mass is 10.3. The van der Waals surface area contributed by atoms with Crippen molar-refractivity contribution in [3.05, 3.63) is 18.2 Å². The summed E-state index contributed by atoms with van der Waals surface area (Å²) in [5.41, 5.74) is 0. The number of aromatic amines is 1. The number of imidazole rings is 1. The van der Waals surface area contributed by atoms with Crippen LogP contribution in [0.15, 0.2) is 12.4 Å². The molecule has 0 spiro atoms. The first-order chi connectivity index (χ1) is 7.47. The molecule has 0 aliphatic carbocycles. The molecule has 1 rings (SSSR count). The van der Waals surface area contributed by atoms with Gasteiger partial charge in [-0.05, 0) is 0 Å². The van der Waals surface area contributed by atoms with Crippen LogP contribution < -0.4 is 5.32 Å². The van der Waals surface area contributed by atoms with Crippen LogP contribution in [0.3, 0.4) is 0 Å². The van der Waals surface area contributed by atoms with Gasteiger partial charge in [0.25, 0.3) is 0 Å². The summed E-state index contributed by atoms with van der Waals surface area (Å²) in [4.78, 5) is 17.7. The molecule has 0 unspecified atom stereocenters. The van der Waals surface area contributed by atoms with Crippen LogP contribution in [0.25, 0.3) is 0 Å². The fraction of sp³-hybridized carbons (Fsp3) is 0.556. The molecule has 0 aliphatic heterocycles. The Labute approximate surface area is 90.3 Å². The van der Waals surface area contributed by atoms with Crippen molar-refractivity contribution >= 4 is 5.91 Å². The number of hydrogen-bond acceptors (Lipinski definition) is 2. The van der Waals surface area contributed by atoms with Crippen LogP contribution in [0.5, 0.6) is 0 Å². The molecule has 0 aromatic carbocycles. The Morgan fingerprint density at radius 1 is 1.50 bits per heavy atom. The Bertz CT molecular complexity index is 321. The Morgan fingerprint density at radius 2 is 2.25 bits per heavy atom. The fourth-order valence-electron chi connectivity index (χ4n) is 1.10. The molecule has 1 aromatic heterocycles. The minimum atomic E-state index is -4.28. The van der Waals surface area contributed by atoms with Gasteiger partial charge >= 0.3 is 6.18 Å². The number of carbonyl (C=O) groups is 1. The third kappa shape index (κ3) is 5.38. The number of H-pyrrole nitrogens is 1. The van der Waals surface area contributed by atoms with Crippen LogP contribution >= 0.6 is 0 Å². The summed E-state index contributed by atoms with van der Waals surface area (Å²) in [6.07, 6.45) is -2.20. The minimum Gasteiger partial charge on any atom is -0.356 e. The van der Waals surface area contributed by atoms with Gasteiger partial charge in [-0.1, -0.05) is 0 Å². The molecular weight excluding hydrogens is 223 g/mol. The number of aromatic nitrogens is 2. The van der Waals surface area contributed by atoms with Crippen molar-refractivity contribution in [2.75, 3.05) is 6.54 Å². The predicted octanol–water partition coefficient (Wildman–Crippen LogP) is 1.41. The maximum absolute atomic E-state index is 11.8. The monoisotopic (exact) mass is 235 g/mol. The van der Waals surface area contributed by atoms with Gasteiger partial charge in [0.05, 0.1) is 6.42 Å². The van der Waals surface area contributed by atoms with Gasteiger partial charge in [0.15, 0.2) is 0 Å². The van der Waals surface area contributed by atoms with E-state index in [4.69, 9.17) is 0 Å². The molecule has 0 bridgehead atoms. The number of halogens is 3. The highest BCUT2D eigenvalue weighted by Crippen LogP contribution is 2.20. The van der Waals surface area contributed by atoms with E-state index in [1.165, 1.54) is 0 Å². The van der Waals surface area contributed by atoms with Crippen molar-refractivity contribution in [1.29, 1.82) is 0 Å². The quantitative estimate of drug-likeness (QED) is 0.810. The van der Waals surface area contributed by atoms with E-state index in [0.717, 1.165) is 0 Å². The van der Waals surface area contributed by atoms with Crippen molar-refractivity contribution in [2.24, 2.45) is 0 Å². The first-order valence-electron chi connectivity index (χ1n) is 4.79. The number of rotatable bonds is 5. The van der Waals surface area contributed by atoms with E-state index in [9.17, 15) is 18.0 Å². The van der Waals surface area contributed by atoms with Gasteiger partial charge in [-0.25, -0.2) is 4.98 Å². The molecule has 1 amide bonds. The number of carbonyl (C=O) groups excluding carboxylic acids is 1. The Kier molecular flexibility index (Phi) is 4.33. The zero-order valence-electron chi connectivity index (χ0n) is 8.47. The summed E-state index contributed by atoms with van der Waals surface area (Å²) < 4.78 is 35.3. The lowest BCUT2D eigenvalue weighted by molar-refractivity contribution is -0.144. The van der Waals surface area contributed by atoms with Crippen molar-refractivity contribution in [2.45, 2.75) is 25.4 Å². The van der Waals surface area contributed by atoms with E-state index in [-0.39, 0.29) is 6.54 Å². The zero-order chi connectivity index (χ0) is 12.0. The van der Waals surface area contributed by atoms with Gasteiger partial charge in [0.2, 0.25) is 5.91 Å². The van der Waals surface area contributed by atoms with E-state index >= 15 is 0 Å². The molecular formula is C9H12F3N3O. The molecule has 0 saturated heterocycles. The van der Waals surface area contributed by atoms with Crippen molar-refractivity contribution in [1.82, 2.24) is 15.3 Å². The molecule has 7 heteroatoms. The van der Waals surface area contributed by atoms with Crippen molar-refractivity contribution in [3.63, 3.8) is 0 Å². The summed E-state index contributed by atoms with van der Waals surface area (Å²) in [6.45, 7) is 0.282. The summed E-state index contributed by atoms with van der Waals surface area (Å²) >= 11 is 0. The third-order valence-electron chi connectivity index (χ3n) is 1.87. The fourth-order valence-corrected chi connectivity index (χ4v) is 1.10. The highest BCUT2D eigenvalue weighted by molar-refractivity contribution is 5.75. The number of nitrogens with zero attached hydrogens (tertiary/aromatic N) is 1. The van der Waals surface area contributed by atoms with Gasteiger partial charge in [-0.2, -0.15) is 13.2 Å². The van der Waals surface area contributed by atoms with E-state index in [0.29, 0.717) is 12.2 Å². The molecule has 0 saturated carbocycles. The lowest BCUT2D eigenvalue weighted by Crippen LogP contribution is -2.27. The van der Waals surface area contributed by atoms with Gasteiger partial charge in [0.1, 0.15) is 5.82 Å². The van der Waals surface area contributed by atoms with Gasteiger partial charge in [0, 0.05) is 31.8 Å². The molecule has 2 N–H and O–H groups in total. The summed E-state index contributed by atoms with van der Waals surface area (Å²) in [6, 6.07) is 0. The van der Waals surface area contributed by atoms with Crippen LogP contribution in [0.1, 0.15) is 18.7 Å². The third-order valence-corrected chi connectivity index (χ3v) is 1.87. The Morgan fingerprint density at radius 3 is 2.81 bits per heavy atom. The van der Waals surface area contributed by atoms with Gasteiger partial charge in [-0.3, -0.25) is 4.79 Å². The molecule has 90 valence electrons. The Hall–Kier alpha value is -1.53. The maximum Gasteiger partial charge on any atom is 0.389 e. The van der Waals surface area contributed by atoms with Crippen LogP contribution in [0, 0.1) is 0 Å². The second-order valence-electron chi connectivity index (χ2n) is 3.25. The highest BCUT2D eigenvalue weighted by Gasteiger charge is 2.27. The van der Waals surface area contributed by atoms with Crippen LogP contribution in [0.2, 0.25) is 0 Å². The normalized spacial score (nSPS) is 11.4. The molecule has 1 heterocycles. The van der Waals surface area contributed by atoms with Gasteiger partial charge in [-0.15, -0.1) is 0 Å². The standard InChI is InChI=1S/C9H12F3N3O/c10-9(11,12)3-1-8(16)15-4-2-7-13-5-6-14-7/h5-6H,1-4H2,(H,13,14)(H,15,16). The summed E-state index contributed by atoms with van der Waals surface area (Å²) in [5.74, 6) is 0.0972. The molecule has 0 aliphatic rings. The average molecular weight is 235 g/mol. The molecule has 0 fully saturated rings. The molecule has 0 radical (unpaired) electrons. The Balaban J connectivity index is 2.11. The largest absolute Gasteiger partial charge is 0.389 e. The predicted molar refractivity (Wildman–Crippen MR) is 50.6 cm³/mol. The molecule has 0 atom stereocenters. The molecule has 1 aromatic rings. The maximum atomic E-state index is 11.8. The van der Waals surface area contributed by atoms with Crippen LogP contribution in [0.4, 0.5) is 13.2 Å². The van der Waals surface area contributed by atoms with Crippen molar-refractivity contribution < 1.29 is 18.0 Å². The lowest BCUT2D eigenvalue weighted by Gasteiger charge is -2.06. The summed E-state index contributed by atoms with van der Waals surface area (Å²) in [5, 5.41) is 2.39. The van der Waals surface area contributed by atoms with E-state index in [1.807, 2.05) is 0 Å². The number of alkyl halides is 3. The SMILES string of the molecule is O=C(CCC(F)(F)F)NCCc1ncc[nH]1. The van der Waals surface area contributed by atoms with E-state index in [1.54, 1.807) is 12.4 Å². The smallest absolute Gasteiger partial charge is 0.356 e.